The number of carbonyl (C=O) groups is 1. The van der Waals surface area contributed by atoms with Gasteiger partial charge in [0.15, 0.2) is 0 Å². The number of hydrogen-bond donors (Lipinski definition) is 3. The maximum absolute atomic E-state index is 12.3. The Morgan fingerprint density at radius 3 is 2.62 bits per heavy atom. The number of hydrogen-bond acceptors (Lipinski definition) is 4. The molecule has 1 aromatic heterocycles. The molecule has 0 atom stereocenters. The zero-order valence-electron chi connectivity index (χ0n) is 12.9. The smallest absolute Gasteiger partial charge is 0.240 e. The van der Waals surface area contributed by atoms with Crippen LogP contribution in [0.3, 0.4) is 0 Å². The highest BCUT2D eigenvalue weighted by Gasteiger charge is 2.14. The van der Waals surface area contributed by atoms with Gasteiger partial charge in [0.25, 0.3) is 0 Å². The van der Waals surface area contributed by atoms with Crippen molar-refractivity contribution >= 4 is 32.7 Å². The van der Waals surface area contributed by atoms with Gasteiger partial charge in [-0.15, -0.1) is 0 Å². The number of imidazole rings is 1. The molecule has 0 unspecified atom stereocenters. The van der Waals surface area contributed by atoms with Gasteiger partial charge in [0.05, 0.1) is 22.3 Å². The number of H-pyrrole nitrogens is 1. The van der Waals surface area contributed by atoms with Crippen molar-refractivity contribution in [1.29, 1.82) is 0 Å². The topological polar surface area (TPSA) is 104 Å². The first-order valence-corrected chi connectivity index (χ1v) is 8.72. The third-order valence-corrected chi connectivity index (χ3v) is 4.85. The lowest BCUT2D eigenvalue weighted by atomic mass is 10.2. The molecule has 0 saturated heterocycles. The molecule has 0 aliphatic heterocycles. The maximum Gasteiger partial charge on any atom is 0.240 e. The van der Waals surface area contributed by atoms with Crippen LogP contribution >= 0.6 is 0 Å². The Kier molecular flexibility index (Phi) is 4.32. The normalized spacial score (nSPS) is 11.5. The number of fused-ring (bicyclic) bond motifs is 1. The van der Waals surface area contributed by atoms with Crippen LogP contribution in [0.4, 0.5) is 5.69 Å². The number of anilines is 1. The maximum atomic E-state index is 12.3. The number of amides is 1. The number of carbonyl (C=O) groups excluding carboxylic acids is 1. The summed E-state index contributed by atoms with van der Waals surface area (Å²) in [6, 6.07) is 11.5. The summed E-state index contributed by atoms with van der Waals surface area (Å²) in [5, 5.41) is 2.59. The number of nitrogens with one attached hydrogen (secondary N) is 3. The third kappa shape index (κ3) is 3.61. The standard InChI is InChI=1S/C16H16N4O3S/c1-11(21)20-13-3-5-14(6-4-13)24(22,23)19-9-12-2-7-15-16(8-12)18-10-17-15/h2-8,10,19H,9H2,1H3,(H,17,18)(H,20,21). The minimum absolute atomic E-state index is 0.138. The van der Waals surface area contributed by atoms with Crippen molar-refractivity contribution in [3.8, 4) is 0 Å². The van der Waals surface area contributed by atoms with Crippen molar-refractivity contribution in [1.82, 2.24) is 14.7 Å². The van der Waals surface area contributed by atoms with E-state index in [0.29, 0.717) is 5.69 Å². The molecule has 124 valence electrons. The van der Waals surface area contributed by atoms with Gasteiger partial charge in [0.2, 0.25) is 15.9 Å². The van der Waals surface area contributed by atoms with Crippen LogP contribution in [0.2, 0.25) is 0 Å². The van der Waals surface area contributed by atoms with Gasteiger partial charge >= 0.3 is 0 Å². The highest BCUT2D eigenvalue weighted by atomic mass is 32.2. The molecule has 2 aromatic carbocycles. The molecule has 0 saturated carbocycles. The van der Waals surface area contributed by atoms with Crippen LogP contribution in [-0.2, 0) is 21.4 Å². The minimum Gasteiger partial charge on any atom is -0.345 e. The number of aromatic nitrogens is 2. The molecule has 1 heterocycles. The molecule has 24 heavy (non-hydrogen) atoms. The fourth-order valence-corrected chi connectivity index (χ4v) is 3.29. The molecular formula is C16H16N4O3S. The van der Waals surface area contributed by atoms with E-state index in [2.05, 4.69) is 20.0 Å². The number of rotatable bonds is 5. The molecule has 1 amide bonds. The molecule has 3 N–H and O–H groups in total. The van der Waals surface area contributed by atoms with E-state index < -0.39 is 10.0 Å². The van der Waals surface area contributed by atoms with E-state index in [0.717, 1.165) is 16.6 Å². The zero-order valence-corrected chi connectivity index (χ0v) is 13.7. The second-order valence-electron chi connectivity index (χ2n) is 5.28. The summed E-state index contributed by atoms with van der Waals surface area (Å²) in [7, 11) is -3.63. The van der Waals surface area contributed by atoms with Crippen LogP contribution < -0.4 is 10.0 Å². The Morgan fingerprint density at radius 1 is 1.17 bits per heavy atom. The van der Waals surface area contributed by atoms with E-state index in [4.69, 9.17) is 0 Å². The summed E-state index contributed by atoms with van der Waals surface area (Å²) in [5.74, 6) is -0.210. The quantitative estimate of drug-likeness (QED) is 0.658. The van der Waals surface area contributed by atoms with Crippen molar-refractivity contribution in [3.05, 3.63) is 54.4 Å². The van der Waals surface area contributed by atoms with Crippen LogP contribution in [0.5, 0.6) is 0 Å². The second-order valence-corrected chi connectivity index (χ2v) is 7.05. The van der Waals surface area contributed by atoms with Gasteiger partial charge in [-0.3, -0.25) is 4.79 Å². The lowest BCUT2D eigenvalue weighted by Gasteiger charge is -2.08. The molecule has 0 radical (unpaired) electrons. The van der Waals surface area contributed by atoms with Crippen LogP contribution in [0.15, 0.2) is 53.7 Å². The van der Waals surface area contributed by atoms with Gasteiger partial charge < -0.3 is 10.3 Å². The van der Waals surface area contributed by atoms with Crippen molar-refractivity contribution < 1.29 is 13.2 Å². The first-order valence-electron chi connectivity index (χ1n) is 7.23. The number of benzene rings is 2. The molecule has 8 heteroatoms. The molecular weight excluding hydrogens is 328 g/mol. The number of sulfonamides is 1. The lowest BCUT2D eigenvalue weighted by molar-refractivity contribution is -0.114. The molecule has 7 nitrogen and oxygen atoms in total. The Morgan fingerprint density at radius 2 is 1.92 bits per heavy atom. The predicted molar refractivity (Wildman–Crippen MR) is 90.9 cm³/mol. The Balaban J connectivity index is 1.72. The fourth-order valence-electron chi connectivity index (χ4n) is 2.28. The van der Waals surface area contributed by atoms with Gasteiger partial charge in [-0.05, 0) is 42.0 Å². The van der Waals surface area contributed by atoms with E-state index in [9.17, 15) is 13.2 Å². The molecule has 3 aromatic rings. The SMILES string of the molecule is CC(=O)Nc1ccc(S(=O)(=O)NCc2ccc3nc[nH]c3c2)cc1. The van der Waals surface area contributed by atoms with Crippen molar-refractivity contribution in [2.45, 2.75) is 18.4 Å². The van der Waals surface area contributed by atoms with Crippen molar-refractivity contribution in [2.24, 2.45) is 0 Å². The summed E-state index contributed by atoms with van der Waals surface area (Å²) >= 11 is 0. The molecule has 3 rings (SSSR count). The van der Waals surface area contributed by atoms with E-state index in [-0.39, 0.29) is 17.3 Å². The monoisotopic (exact) mass is 344 g/mol. The Bertz CT molecular complexity index is 978. The molecule has 0 bridgehead atoms. The number of aromatic amines is 1. The van der Waals surface area contributed by atoms with E-state index in [1.165, 1.54) is 19.1 Å². The van der Waals surface area contributed by atoms with Crippen LogP contribution in [0, 0.1) is 0 Å². The highest BCUT2D eigenvalue weighted by molar-refractivity contribution is 7.89. The van der Waals surface area contributed by atoms with Gasteiger partial charge in [-0.25, -0.2) is 18.1 Å². The highest BCUT2D eigenvalue weighted by Crippen LogP contribution is 2.15. The van der Waals surface area contributed by atoms with Crippen molar-refractivity contribution in [2.75, 3.05) is 5.32 Å². The second kappa shape index (κ2) is 6.42. The average molecular weight is 344 g/mol. The van der Waals surface area contributed by atoms with Crippen LogP contribution in [-0.4, -0.2) is 24.3 Å². The Hall–Kier alpha value is -2.71. The van der Waals surface area contributed by atoms with E-state index in [1.54, 1.807) is 18.5 Å². The molecule has 0 fully saturated rings. The fraction of sp³-hybridized carbons (Fsp3) is 0.125. The van der Waals surface area contributed by atoms with Gasteiger partial charge in [0.1, 0.15) is 0 Å². The average Bonchev–Trinajstić information content (AvgIpc) is 3.00. The minimum atomic E-state index is -3.63. The largest absolute Gasteiger partial charge is 0.345 e. The van der Waals surface area contributed by atoms with E-state index >= 15 is 0 Å². The molecule has 0 aliphatic rings. The summed E-state index contributed by atoms with van der Waals surface area (Å²) in [5.41, 5.74) is 3.05. The first-order chi connectivity index (χ1) is 11.4. The van der Waals surface area contributed by atoms with E-state index in [1.807, 2.05) is 18.2 Å². The van der Waals surface area contributed by atoms with Gasteiger partial charge in [0, 0.05) is 19.2 Å². The summed E-state index contributed by atoms with van der Waals surface area (Å²) < 4.78 is 27.2. The summed E-state index contributed by atoms with van der Waals surface area (Å²) in [6.07, 6.45) is 1.59. The first kappa shape index (κ1) is 16.2. The number of nitrogens with zero attached hydrogens (tertiary/aromatic N) is 1. The zero-order chi connectivity index (χ0) is 17.2. The van der Waals surface area contributed by atoms with Gasteiger partial charge in [-0.1, -0.05) is 6.07 Å². The van der Waals surface area contributed by atoms with Crippen molar-refractivity contribution in [3.63, 3.8) is 0 Å². The predicted octanol–water partition coefficient (Wildman–Crippen LogP) is 2.00. The van der Waals surface area contributed by atoms with Gasteiger partial charge in [-0.2, -0.15) is 0 Å². The Labute approximate surface area is 139 Å². The summed E-state index contributed by atoms with van der Waals surface area (Å²) in [4.78, 5) is 18.2. The molecule has 0 spiro atoms. The molecule has 0 aliphatic carbocycles. The van der Waals surface area contributed by atoms with Crippen LogP contribution in [0.1, 0.15) is 12.5 Å². The third-order valence-electron chi connectivity index (χ3n) is 3.44. The van der Waals surface area contributed by atoms with Crippen LogP contribution in [0.25, 0.3) is 11.0 Å². The summed E-state index contributed by atoms with van der Waals surface area (Å²) in [6.45, 7) is 1.56. The lowest BCUT2D eigenvalue weighted by Crippen LogP contribution is -2.23.